The first-order valence-corrected chi connectivity index (χ1v) is 9.04. The van der Waals surface area contributed by atoms with Crippen LogP contribution in [-0.4, -0.2) is 30.4 Å². The molecule has 7 heteroatoms. The molecule has 1 fully saturated rings. The molecule has 22 heavy (non-hydrogen) atoms. The molecule has 120 valence electrons. The lowest BCUT2D eigenvalue weighted by Crippen LogP contribution is -3.00. The monoisotopic (exact) mass is 433 g/mol. The zero-order chi connectivity index (χ0) is 14.6. The van der Waals surface area contributed by atoms with Crippen molar-refractivity contribution in [3.05, 3.63) is 24.0 Å². The Kier molecular flexibility index (Phi) is 4.24. The Balaban J connectivity index is 0.00000144. The first-order chi connectivity index (χ1) is 10.1. The molecule has 0 bridgehead atoms. The first-order valence-electron chi connectivity index (χ1n) is 7.60. The van der Waals surface area contributed by atoms with Crippen LogP contribution in [0.25, 0.3) is 11.0 Å². The molecule has 0 radical (unpaired) electrons. The highest BCUT2D eigenvalue weighted by Crippen LogP contribution is 2.25. The van der Waals surface area contributed by atoms with Gasteiger partial charge in [-0.3, -0.25) is 0 Å². The fourth-order valence-electron chi connectivity index (χ4n) is 3.64. The predicted molar refractivity (Wildman–Crippen MR) is 79.4 cm³/mol. The molecule has 0 atom stereocenters. The highest BCUT2D eigenvalue weighted by molar-refractivity contribution is 7.89. The summed E-state index contributed by atoms with van der Waals surface area (Å²) in [5.74, 6) is 1.29. The standard InChI is InChI=1S/C15H20N3O2S.HI/c1-16-14-11-12(21(19,20)17-8-2-3-9-17)6-7-13(14)18-10-4-5-15(16)18;/h6-7,11H,2-5,8-10H2,1H3;1H/q+1;/p-1. The smallest absolute Gasteiger partial charge is 0.257 e. The van der Waals surface area contributed by atoms with Crippen LogP contribution in [0.4, 0.5) is 0 Å². The van der Waals surface area contributed by atoms with E-state index in [0.29, 0.717) is 18.0 Å². The maximum absolute atomic E-state index is 12.7. The number of fused-ring (bicyclic) bond motifs is 3. The fourth-order valence-corrected chi connectivity index (χ4v) is 5.18. The molecule has 1 saturated heterocycles. The maximum Gasteiger partial charge on any atom is 0.257 e. The number of hydrogen-bond acceptors (Lipinski definition) is 2. The molecular weight excluding hydrogens is 413 g/mol. The largest absolute Gasteiger partial charge is 1.00 e. The molecule has 2 aliphatic heterocycles. The number of hydrogen-bond donors (Lipinski definition) is 0. The van der Waals surface area contributed by atoms with Gasteiger partial charge in [0.25, 0.3) is 5.82 Å². The third kappa shape index (κ3) is 2.28. The van der Waals surface area contributed by atoms with Crippen molar-refractivity contribution in [3.8, 4) is 0 Å². The summed E-state index contributed by atoms with van der Waals surface area (Å²) in [5, 5.41) is 0. The lowest BCUT2D eigenvalue weighted by molar-refractivity contribution is -0.665. The minimum atomic E-state index is -3.33. The molecule has 1 aromatic carbocycles. The van der Waals surface area contributed by atoms with Crippen LogP contribution in [0.15, 0.2) is 23.1 Å². The average molecular weight is 433 g/mol. The molecule has 3 heterocycles. The van der Waals surface area contributed by atoms with E-state index in [0.717, 1.165) is 36.8 Å². The average Bonchev–Trinajstić information content (AvgIpc) is 3.19. The molecule has 0 spiro atoms. The summed E-state index contributed by atoms with van der Waals surface area (Å²) in [5.41, 5.74) is 2.16. The van der Waals surface area contributed by atoms with Crippen molar-refractivity contribution in [2.75, 3.05) is 13.1 Å². The van der Waals surface area contributed by atoms with Crippen LogP contribution < -0.4 is 28.5 Å². The third-order valence-electron chi connectivity index (χ3n) is 4.78. The normalized spacial score (nSPS) is 18.6. The SMILES string of the molecule is Cn1c2[n+](c3ccc(S(=O)(=O)N4CCCC4)cc31)CCC2.[I-]. The van der Waals surface area contributed by atoms with Crippen LogP contribution in [0.3, 0.4) is 0 Å². The minimum Gasteiger partial charge on any atom is -1.00 e. The van der Waals surface area contributed by atoms with Crippen molar-refractivity contribution in [1.82, 2.24) is 8.87 Å². The number of benzene rings is 1. The summed E-state index contributed by atoms with van der Waals surface area (Å²) in [6.07, 6.45) is 4.18. The van der Waals surface area contributed by atoms with E-state index in [4.69, 9.17) is 0 Å². The van der Waals surface area contributed by atoms with Crippen LogP contribution in [0, 0.1) is 0 Å². The van der Waals surface area contributed by atoms with E-state index >= 15 is 0 Å². The van der Waals surface area contributed by atoms with Crippen LogP contribution in [0.5, 0.6) is 0 Å². The lowest BCUT2D eigenvalue weighted by Gasteiger charge is -2.15. The molecule has 0 amide bonds. The number of halogens is 1. The topological polar surface area (TPSA) is 46.2 Å². The molecule has 0 unspecified atom stereocenters. The van der Waals surface area contributed by atoms with Crippen molar-refractivity contribution in [1.29, 1.82) is 0 Å². The molecule has 2 aliphatic rings. The molecule has 0 N–H and O–H groups in total. The molecule has 0 saturated carbocycles. The Morgan fingerprint density at radius 1 is 1.14 bits per heavy atom. The van der Waals surface area contributed by atoms with Crippen LogP contribution >= 0.6 is 0 Å². The number of nitrogens with zero attached hydrogens (tertiary/aromatic N) is 3. The molecule has 0 aliphatic carbocycles. The zero-order valence-corrected chi connectivity index (χ0v) is 15.6. The van der Waals surface area contributed by atoms with Gasteiger partial charge in [0.15, 0.2) is 11.0 Å². The van der Waals surface area contributed by atoms with E-state index in [9.17, 15) is 8.42 Å². The van der Waals surface area contributed by atoms with Gasteiger partial charge in [-0.05, 0) is 31.4 Å². The number of sulfonamides is 1. The van der Waals surface area contributed by atoms with Crippen LogP contribution in [0.1, 0.15) is 25.1 Å². The molecule has 1 aromatic heterocycles. The van der Waals surface area contributed by atoms with E-state index in [2.05, 4.69) is 9.13 Å². The summed E-state index contributed by atoms with van der Waals surface area (Å²) < 4.78 is 31.4. The molecule has 2 aromatic rings. The first kappa shape index (κ1) is 16.2. The quantitative estimate of drug-likeness (QED) is 0.415. The van der Waals surface area contributed by atoms with E-state index in [1.807, 2.05) is 19.2 Å². The summed E-state index contributed by atoms with van der Waals surface area (Å²) in [6, 6.07) is 5.57. The predicted octanol–water partition coefficient (Wildman–Crippen LogP) is -1.80. The van der Waals surface area contributed by atoms with Crippen molar-refractivity contribution in [2.24, 2.45) is 7.05 Å². The number of aryl methyl sites for hydroxylation is 2. The maximum atomic E-state index is 12.7. The van der Waals surface area contributed by atoms with Crippen molar-refractivity contribution in [3.63, 3.8) is 0 Å². The van der Waals surface area contributed by atoms with E-state index in [1.165, 1.54) is 12.2 Å². The number of aromatic nitrogens is 2. The summed E-state index contributed by atoms with van der Waals surface area (Å²) in [4.78, 5) is 0.428. The highest BCUT2D eigenvalue weighted by atomic mass is 127. The lowest BCUT2D eigenvalue weighted by atomic mass is 10.3. The summed E-state index contributed by atoms with van der Waals surface area (Å²) in [6.45, 7) is 2.34. The zero-order valence-electron chi connectivity index (χ0n) is 12.6. The van der Waals surface area contributed by atoms with Gasteiger partial charge in [-0.2, -0.15) is 4.31 Å². The van der Waals surface area contributed by atoms with Crippen LogP contribution in [0.2, 0.25) is 0 Å². The van der Waals surface area contributed by atoms with Gasteiger partial charge in [0, 0.05) is 19.2 Å². The minimum absolute atomic E-state index is 0. The van der Waals surface area contributed by atoms with Gasteiger partial charge < -0.3 is 24.0 Å². The second-order valence-corrected chi connectivity index (χ2v) is 7.93. The Bertz CT molecular complexity index is 823. The van der Waals surface area contributed by atoms with Gasteiger partial charge in [-0.15, -0.1) is 0 Å². The summed E-state index contributed by atoms with van der Waals surface area (Å²) in [7, 11) is -1.30. The second-order valence-electron chi connectivity index (χ2n) is 5.99. The van der Waals surface area contributed by atoms with Gasteiger partial charge in [0.05, 0.1) is 24.9 Å². The number of rotatable bonds is 2. The van der Waals surface area contributed by atoms with E-state index in [1.54, 1.807) is 10.4 Å². The Labute approximate surface area is 148 Å². The van der Waals surface area contributed by atoms with Crippen molar-refractivity contribution < 1.29 is 37.0 Å². The van der Waals surface area contributed by atoms with E-state index < -0.39 is 10.0 Å². The summed E-state index contributed by atoms with van der Waals surface area (Å²) >= 11 is 0. The second kappa shape index (κ2) is 5.76. The molecule has 4 rings (SSSR count). The highest BCUT2D eigenvalue weighted by Gasteiger charge is 2.31. The van der Waals surface area contributed by atoms with Gasteiger partial charge in [0.1, 0.15) is 0 Å². The number of imidazole rings is 1. The van der Waals surface area contributed by atoms with Crippen LogP contribution in [-0.2, 0) is 30.0 Å². The van der Waals surface area contributed by atoms with E-state index in [-0.39, 0.29) is 24.0 Å². The third-order valence-corrected chi connectivity index (χ3v) is 6.68. The van der Waals surface area contributed by atoms with Crippen molar-refractivity contribution in [2.45, 2.75) is 37.1 Å². The molecular formula is C15H20IN3O2S. The Morgan fingerprint density at radius 3 is 2.59 bits per heavy atom. The fraction of sp³-hybridized carbons (Fsp3) is 0.533. The Morgan fingerprint density at radius 2 is 1.86 bits per heavy atom. The van der Waals surface area contributed by atoms with Gasteiger partial charge >= 0.3 is 0 Å². The van der Waals surface area contributed by atoms with Crippen molar-refractivity contribution >= 4 is 21.1 Å². The van der Waals surface area contributed by atoms with Gasteiger partial charge in [0.2, 0.25) is 10.0 Å². The Hall–Kier alpha value is -0.670. The van der Waals surface area contributed by atoms with Gasteiger partial charge in [-0.25, -0.2) is 17.6 Å². The van der Waals surface area contributed by atoms with Gasteiger partial charge in [-0.1, -0.05) is 0 Å². The molecule has 5 nitrogen and oxygen atoms in total.